The number of thioether (sulfide) groups is 1. The number of benzene rings is 2. The maximum Gasteiger partial charge on any atom is 0.341 e. The van der Waals surface area contributed by atoms with Crippen molar-refractivity contribution in [2.45, 2.75) is 23.1 Å². The van der Waals surface area contributed by atoms with Crippen LogP contribution in [0, 0.1) is 0 Å². The van der Waals surface area contributed by atoms with Crippen LogP contribution in [0.2, 0.25) is 0 Å². The first-order valence-electron chi connectivity index (χ1n) is 7.96. The summed E-state index contributed by atoms with van der Waals surface area (Å²) in [5.41, 5.74) is 2.21. The van der Waals surface area contributed by atoms with Crippen LogP contribution in [0.25, 0.3) is 0 Å². The van der Waals surface area contributed by atoms with Gasteiger partial charge in [0.15, 0.2) is 6.61 Å². The molecule has 0 spiro atoms. The number of rotatable bonds is 6. The lowest BCUT2D eigenvalue weighted by molar-refractivity contribution is -0.139. The number of nitrogens with zero attached hydrogens (tertiary/aromatic N) is 1. The summed E-state index contributed by atoms with van der Waals surface area (Å²) in [5, 5.41) is 8.54. The van der Waals surface area contributed by atoms with Gasteiger partial charge >= 0.3 is 5.97 Å². The number of amides is 1. The predicted molar refractivity (Wildman–Crippen MR) is 95.8 cm³/mol. The molecule has 1 unspecified atom stereocenters. The number of hydrogen-bond acceptors (Lipinski definition) is 4. The van der Waals surface area contributed by atoms with Gasteiger partial charge in [0.2, 0.25) is 5.91 Å². The van der Waals surface area contributed by atoms with E-state index in [9.17, 15) is 9.59 Å². The van der Waals surface area contributed by atoms with Gasteiger partial charge in [-0.25, -0.2) is 4.79 Å². The number of aliphatic carboxylic acids is 1. The molecule has 0 radical (unpaired) electrons. The number of ether oxygens (including phenoxy) is 1. The van der Waals surface area contributed by atoms with Crippen LogP contribution in [0.4, 0.5) is 0 Å². The molecule has 0 aromatic heterocycles. The number of hydrogen-bond donors (Lipinski definition) is 1. The predicted octanol–water partition coefficient (Wildman–Crippen LogP) is 2.83. The molecule has 1 N–H and O–H groups in total. The smallest absolute Gasteiger partial charge is 0.341 e. The first kappa shape index (κ1) is 17.4. The zero-order valence-electron chi connectivity index (χ0n) is 13.8. The number of carbonyl (C=O) groups is 2. The highest BCUT2D eigenvalue weighted by molar-refractivity contribution is 8.01. The van der Waals surface area contributed by atoms with Crippen molar-refractivity contribution in [2.24, 2.45) is 0 Å². The fraction of sp³-hybridized carbons (Fsp3) is 0.263. The van der Waals surface area contributed by atoms with Gasteiger partial charge in [-0.2, -0.15) is 0 Å². The van der Waals surface area contributed by atoms with E-state index in [1.165, 1.54) is 10.5 Å². The van der Waals surface area contributed by atoms with Crippen molar-refractivity contribution in [1.82, 2.24) is 4.90 Å². The topological polar surface area (TPSA) is 66.8 Å². The van der Waals surface area contributed by atoms with Gasteiger partial charge < -0.3 is 14.7 Å². The third kappa shape index (κ3) is 4.33. The van der Waals surface area contributed by atoms with Crippen LogP contribution in [0.3, 0.4) is 0 Å². The Hall–Kier alpha value is -2.47. The molecule has 1 heterocycles. The number of carboxylic acid groups (broad SMARTS) is 1. The third-order valence-electron chi connectivity index (χ3n) is 4.00. The molecule has 6 heteroatoms. The monoisotopic (exact) mass is 357 g/mol. The van der Waals surface area contributed by atoms with Crippen LogP contribution in [-0.4, -0.2) is 40.8 Å². The van der Waals surface area contributed by atoms with Crippen molar-refractivity contribution < 1.29 is 19.4 Å². The van der Waals surface area contributed by atoms with E-state index in [0.29, 0.717) is 12.3 Å². The lowest BCUT2D eigenvalue weighted by Crippen LogP contribution is -2.34. The molecule has 1 atom stereocenters. The SMILES string of the molecule is CN(Cc1ccc(OCC(=O)O)cc1)C(=O)C1Cc2ccccc2S1. The molecule has 0 fully saturated rings. The largest absolute Gasteiger partial charge is 0.482 e. The summed E-state index contributed by atoms with van der Waals surface area (Å²) in [6.45, 7) is 0.142. The molecular formula is C19H19NO4S. The molecule has 2 aromatic rings. The Balaban J connectivity index is 1.56. The second kappa shape index (κ2) is 7.61. The molecule has 5 nitrogen and oxygen atoms in total. The van der Waals surface area contributed by atoms with Gasteiger partial charge in [0, 0.05) is 18.5 Å². The minimum absolute atomic E-state index is 0.0689. The van der Waals surface area contributed by atoms with Crippen LogP contribution in [-0.2, 0) is 22.6 Å². The molecule has 25 heavy (non-hydrogen) atoms. The summed E-state index contributed by atoms with van der Waals surface area (Å²) in [6, 6.07) is 15.3. The maximum absolute atomic E-state index is 12.7. The Morgan fingerprint density at radius 3 is 2.60 bits per heavy atom. The second-order valence-electron chi connectivity index (χ2n) is 5.94. The molecule has 1 aliphatic rings. The van der Waals surface area contributed by atoms with E-state index in [1.54, 1.807) is 35.8 Å². The van der Waals surface area contributed by atoms with Crippen molar-refractivity contribution in [2.75, 3.05) is 13.7 Å². The fourth-order valence-corrected chi connectivity index (χ4v) is 4.06. The highest BCUT2D eigenvalue weighted by Gasteiger charge is 2.30. The minimum Gasteiger partial charge on any atom is -0.482 e. The van der Waals surface area contributed by atoms with Crippen LogP contribution in [0.15, 0.2) is 53.4 Å². The van der Waals surface area contributed by atoms with Crippen LogP contribution < -0.4 is 4.74 Å². The lowest BCUT2D eigenvalue weighted by Gasteiger charge is -2.20. The highest BCUT2D eigenvalue weighted by Crippen LogP contribution is 2.37. The van der Waals surface area contributed by atoms with Crippen molar-refractivity contribution >= 4 is 23.6 Å². The number of carboxylic acids is 1. The van der Waals surface area contributed by atoms with Gasteiger partial charge in [-0.1, -0.05) is 30.3 Å². The Morgan fingerprint density at radius 2 is 1.92 bits per heavy atom. The maximum atomic E-state index is 12.7. The summed E-state index contributed by atoms with van der Waals surface area (Å²) in [7, 11) is 1.81. The number of carbonyl (C=O) groups excluding carboxylic acids is 1. The summed E-state index contributed by atoms with van der Waals surface area (Å²) in [5.74, 6) is -0.390. The van der Waals surface area contributed by atoms with Crippen LogP contribution >= 0.6 is 11.8 Å². The summed E-state index contributed by atoms with van der Waals surface area (Å²) in [4.78, 5) is 26.1. The van der Waals surface area contributed by atoms with Crippen LogP contribution in [0.5, 0.6) is 5.75 Å². The molecule has 130 valence electrons. The van der Waals surface area contributed by atoms with E-state index in [2.05, 4.69) is 12.1 Å². The summed E-state index contributed by atoms with van der Waals surface area (Å²) >= 11 is 1.63. The van der Waals surface area contributed by atoms with Gasteiger partial charge in [0.1, 0.15) is 5.75 Å². The zero-order chi connectivity index (χ0) is 17.8. The normalized spacial score (nSPS) is 15.5. The Bertz CT molecular complexity index is 750. The van der Waals surface area contributed by atoms with Gasteiger partial charge in [-0.3, -0.25) is 4.79 Å². The molecule has 2 aromatic carbocycles. The number of fused-ring (bicyclic) bond motifs is 1. The quantitative estimate of drug-likeness (QED) is 0.861. The molecule has 3 rings (SSSR count). The molecule has 0 aliphatic carbocycles. The highest BCUT2D eigenvalue weighted by atomic mass is 32.2. The van der Waals surface area contributed by atoms with Gasteiger partial charge in [0.05, 0.1) is 5.25 Å². The van der Waals surface area contributed by atoms with E-state index in [0.717, 1.165) is 12.0 Å². The minimum atomic E-state index is -1.01. The van der Waals surface area contributed by atoms with E-state index < -0.39 is 5.97 Å². The average Bonchev–Trinajstić information content (AvgIpc) is 3.04. The molecule has 1 aliphatic heterocycles. The van der Waals surface area contributed by atoms with Gasteiger partial charge in [-0.15, -0.1) is 11.8 Å². The van der Waals surface area contributed by atoms with Crippen molar-refractivity contribution in [3.8, 4) is 5.75 Å². The van der Waals surface area contributed by atoms with Gasteiger partial charge in [0.25, 0.3) is 0 Å². The summed E-state index contributed by atoms with van der Waals surface area (Å²) < 4.78 is 5.11. The van der Waals surface area contributed by atoms with E-state index >= 15 is 0 Å². The molecule has 0 saturated carbocycles. The van der Waals surface area contributed by atoms with E-state index in [-0.39, 0.29) is 17.8 Å². The lowest BCUT2D eigenvalue weighted by atomic mass is 10.1. The summed E-state index contributed by atoms with van der Waals surface area (Å²) in [6.07, 6.45) is 0.770. The van der Waals surface area contributed by atoms with Crippen molar-refractivity contribution in [3.05, 3.63) is 59.7 Å². The zero-order valence-corrected chi connectivity index (χ0v) is 14.7. The van der Waals surface area contributed by atoms with E-state index in [1.807, 2.05) is 24.3 Å². The third-order valence-corrected chi connectivity index (χ3v) is 5.31. The van der Waals surface area contributed by atoms with Crippen molar-refractivity contribution in [3.63, 3.8) is 0 Å². The van der Waals surface area contributed by atoms with Crippen molar-refractivity contribution in [1.29, 1.82) is 0 Å². The average molecular weight is 357 g/mol. The standard InChI is InChI=1S/C19H19NO4S/c1-20(11-13-6-8-15(9-7-13)24-12-18(21)22)19(23)17-10-14-4-2-3-5-16(14)25-17/h2-9,17H,10-12H2,1H3,(H,21,22). The first-order chi connectivity index (χ1) is 12.0. The molecule has 1 amide bonds. The molecule has 0 bridgehead atoms. The van der Waals surface area contributed by atoms with E-state index in [4.69, 9.17) is 9.84 Å². The Kier molecular flexibility index (Phi) is 5.28. The first-order valence-corrected chi connectivity index (χ1v) is 8.84. The second-order valence-corrected chi connectivity index (χ2v) is 7.18. The van der Waals surface area contributed by atoms with Gasteiger partial charge in [-0.05, 0) is 35.7 Å². The fourth-order valence-electron chi connectivity index (χ4n) is 2.75. The molecule has 0 saturated heterocycles. The van der Waals surface area contributed by atoms with Crippen LogP contribution in [0.1, 0.15) is 11.1 Å². The Labute approximate surface area is 150 Å². The Morgan fingerprint density at radius 1 is 1.20 bits per heavy atom. The molecular weight excluding hydrogens is 338 g/mol.